The van der Waals surface area contributed by atoms with Gasteiger partial charge in [-0.3, -0.25) is 4.79 Å². The van der Waals surface area contributed by atoms with Gasteiger partial charge in [0.25, 0.3) is 0 Å². The van der Waals surface area contributed by atoms with E-state index in [1.54, 1.807) is 0 Å². The Labute approximate surface area is 174 Å². The highest BCUT2D eigenvalue weighted by molar-refractivity contribution is 6.30. The molecule has 2 saturated heterocycles. The van der Waals surface area contributed by atoms with Crippen molar-refractivity contribution >= 4 is 34.5 Å². The topological polar surface area (TPSA) is 65.1 Å². The first-order chi connectivity index (χ1) is 14.2. The maximum atomic E-state index is 12.8. The Morgan fingerprint density at radius 2 is 1.93 bits per heavy atom. The van der Waals surface area contributed by atoms with Crippen molar-refractivity contribution in [2.45, 2.75) is 25.7 Å². The molecule has 6 nitrogen and oxygen atoms in total. The Kier molecular flexibility index (Phi) is 4.87. The molecule has 4 heterocycles. The van der Waals surface area contributed by atoms with Gasteiger partial charge in [0.1, 0.15) is 11.6 Å². The molecule has 0 radical (unpaired) electrons. The summed E-state index contributed by atoms with van der Waals surface area (Å²) in [4.78, 5) is 29.9. The van der Waals surface area contributed by atoms with Crippen molar-refractivity contribution in [1.82, 2.24) is 19.9 Å². The van der Waals surface area contributed by atoms with Crippen LogP contribution in [0, 0.1) is 5.92 Å². The molecule has 0 spiro atoms. The molecule has 1 atom stereocenters. The van der Waals surface area contributed by atoms with Gasteiger partial charge in [0.05, 0.1) is 11.4 Å². The maximum absolute atomic E-state index is 12.8. The number of amides is 1. The lowest BCUT2D eigenvalue weighted by Gasteiger charge is -2.34. The molecule has 1 aromatic carbocycles. The summed E-state index contributed by atoms with van der Waals surface area (Å²) < 4.78 is 0. The molecule has 29 heavy (non-hydrogen) atoms. The molecule has 0 bridgehead atoms. The highest BCUT2D eigenvalue weighted by Crippen LogP contribution is 2.27. The lowest BCUT2D eigenvalue weighted by molar-refractivity contribution is -0.134. The number of piperidine rings is 1. The summed E-state index contributed by atoms with van der Waals surface area (Å²) in [5, 5.41) is 0.679. The number of nitrogens with one attached hydrogen (secondary N) is 1. The molecule has 0 aliphatic carbocycles. The average Bonchev–Trinajstić information content (AvgIpc) is 3.43. The average molecular weight is 410 g/mol. The van der Waals surface area contributed by atoms with Gasteiger partial charge in [-0.1, -0.05) is 23.7 Å². The van der Waals surface area contributed by atoms with E-state index < -0.39 is 0 Å². The third-order valence-electron chi connectivity index (χ3n) is 5.94. The molecule has 2 aliphatic heterocycles. The molecule has 150 valence electrons. The number of rotatable bonds is 3. The number of carbonyl (C=O) groups excluding carboxylic acids is 1. The van der Waals surface area contributed by atoms with Crippen molar-refractivity contribution in [2.24, 2.45) is 5.92 Å². The largest absolute Gasteiger partial charge is 0.356 e. The number of imidazole rings is 1. The van der Waals surface area contributed by atoms with Crippen LogP contribution >= 0.6 is 11.6 Å². The quantitative estimate of drug-likeness (QED) is 0.706. The second kappa shape index (κ2) is 7.67. The van der Waals surface area contributed by atoms with E-state index in [-0.39, 0.29) is 5.92 Å². The third-order valence-corrected chi connectivity index (χ3v) is 6.18. The molecule has 2 aliphatic rings. The van der Waals surface area contributed by atoms with Crippen LogP contribution in [0.3, 0.4) is 0 Å². The summed E-state index contributed by atoms with van der Waals surface area (Å²) in [5.41, 5.74) is 2.52. The number of anilines is 1. The monoisotopic (exact) mass is 409 g/mol. The molecule has 0 saturated carbocycles. The van der Waals surface area contributed by atoms with Gasteiger partial charge in [0.2, 0.25) is 5.91 Å². The van der Waals surface area contributed by atoms with Gasteiger partial charge in [-0.25, -0.2) is 9.97 Å². The van der Waals surface area contributed by atoms with Crippen molar-refractivity contribution in [3.8, 4) is 11.4 Å². The molecule has 0 unspecified atom stereocenters. The highest BCUT2D eigenvalue weighted by atomic mass is 35.5. The number of likely N-dealkylation sites (tertiary alicyclic amines) is 1. The Hall–Kier alpha value is -2.60. The van der Waals surface area contributed by atoms with E-state index in [2.05, 4.69) is 14.9 Å². The van der Waals surface area contributed by atoms with Crippen LogP contribution in [0.5, 0.6) is 0 Å². The van der Waals surface area contributed by atoms with Crippen LogP contribution < -0.4 is 4.90 Å². The van der Waals surface area contributed by atoms with E-state index in [9.17, 15) is 4.79 Å². The number of aromatic nitrogens is 3. The molecule has 2 fully saturated rings. The van der Waals surface area contributed by atoms with Crippen LogP contribution in [-0.2, 0) is 4.79 Å². The highest BCUT2D eigenvalue weighted by Gasteiger charge is 2.31. The van der Waals surface area contributed by atoms with Crippen molar-refractivity contribution in [3.05, 3.63) is 41.4 Å². The second-order valence-corrected chi connectivity index (χ2v) is 8.39. The fourth-order valence-electron chi connectivity index (χ4n) is 4.41. The zero-order valence-corrected chi connectivity index (χ0v) is 17.0. The summed E-state index contributed by atoms with van der Waals surface area (Å²) >= 11 is 6.11. The standard InChI is InChI=1S/C22H24ClN5O/c23-17-7-3-5-15(13-17)20-24-18-8-9-19(25-21(18)26-20)28-12-4-6-16(14-28)22(29)27-10-1-2-11-27/h3,5,7-9,13,16H,1-2,4,6,10-12,14H2,(H,24,25,26)/t16-/m1/s1. The Morgan fingerprint density at radius 1 is 1.07 bits per heavy atom. The zero-order chi connectivity index (χ0) is 19.8. The van der Waals surface area contributed by atoms with E-state index in [1.807, 2.05) is 41.3 Å². The lowest BCUT2D eigenvalue weighted by Crippen LogP contribution is -2.44. The number of pyridine rings is 1. The van der Waals surface area contributed by atoms with Gasteiger partial charge in [0.15, 0.2) is 5.65 Å². The number of carbonyl (C=O) groups is 1. The molecular weight excluding hydrogens is 386 g/mol. The maximum Gasteiger partial charge on any atom is 0.227 e. The summed E-state index contributed by atoms with van der Waals surface area (Å²) in [6, 6.07) is 11.7. The van der Waals surface area contributed by atoms with Gasteiger partial charge in [-0.15, -0.1) is 0 Å². The molecule has 3 aromatic rings. The fraction of sp³-hybridized carbons (Fsp3) is 0.409. The van der Waals surface area contributed by atoms with E-state index in [0.29, 0.717) is 16.6 Å². The van der Waals surface area contributed by atoms with Crippen molar-refractivity contribution < 1.29 is 4.79 Å². The van der Waals surface area contributed by atoms with Crippen LogP contribution in [0.2, 0.25) is 5.02 Å². The van der Waals surface area contributed by atoms with E-state index >= 15 is 0 Å². The van der Waals surface area contributed by atoms with E-state index in [1.165, 1.54) is 0 Å². The number of hydrogen-bond donors (Lipinski definition) is 1. The van der Waals surface area contributed by atoms with Crippen molar-refractivity contribution in [1.29, 1.82) is 0 Å². The minimum Gasteiger partial charge on any atom is -0.356 e. The van der Waals surface area contributed by atoms with Gasteiger partial charge in [-0.2, -0.15) is 0 Å². The van der Waals surface area contributed by atoms with Gasteiger partial charge >= 0.3 is 0 Å². The van der Waals surface area contributed by atoms with Crippen LogP contribution in [0.4, 0.5) is 5.82 Å². The van der Waals surface area contributed by atoms with Crippen LogP contribution in [0.15, 0.2) is 36.4 Å². The third kappa shape index (κ3) is 3.69. The molecule has 5 rings (SSSR count). The van der Waals surface area contributed by atoms with Gasteiger partial charge in [0, 0.05) is 36.8 Å². The lowest BCUT2D eigenvalue weighted by atomic mass is 9.96. The second-order valence-electron chi connectivity index (χ2n) is 7.95. The number of fused-ring (bicyclic) bond motifs is 1. The van der Waals surface area contributed by atoms with Crippen LogP contribution in [-0.4, -0.2) is 51.9 Å². The molecule has 2 aromatic heterocycles. The summed E-state index contributed by atoms with van der Waals surface area (Å²) in [6.45, 7) is 3.49. The normalized spacial score (nSPS) is 19.8. The predicted octanol–water partition coefficient (Wildman–Crippen LogP) is 4.12. The number of nitrogens with zero attached hydrogens (tertiary/aromatic N) is 4. The van der Waals surface area contributed by atoms with Gasteiger partial charge < -0.3 is 14.8 Å². The minimum absolute atomic E-state index is 0.0700. The first-order valence-corrected chi connectivity index (χ1v) is 10.7. The fourth-order valence-corrected chi connectivity index (χ4v) is 4.60. The number of H-pyrrole nitrogens is 1. The first-order valence-electron chi connectivity index (χ1n) is 10.3. The minimum atomic E-state index is 0.0700. The number of hydrogen-bond acceptors (Lipinski definition) is 4. The Bertz CT molecular complexity index is 1040. The van der Waals surface area contributed by atoms with Crippen molar-refractivity contribution in [3.63, 3.8) is 0 Å². The molecule has 1 amide bonds. The molecule has 7 heteroatoms. The zero-order valence-electron chi connectivity index (χ0n) is 16.3. The summed E-state index contributed by atoms with van der Waals surface area (Å²) in [6.07, 6.45) is 4.25. The summed E-state index contributed by atoms with van der Waals surface area (Å²) in [5.74, 6) is 2.03. The number of halogens is 1. The smallest absolute Gasteiger partial charge is 0.227 e. The van der Waals surface area contributed by atoms with E-state index in [4.69, 9.17) is 16.6 Å². The molecular formula is C22H24ClN5O. The first kappa shape index (κ1) is 18.4. The summed E-state index contributed by atoms with van der Waals surface area (Å²) in [7, 11) is 0. The SMILES string of the molecule is O=C([C@@H]1CCCN(c2ccc3[nH]c(-c4cccc(Cl)c4)nc3n2)C1)N1CCCC1. The van der Waals surface area contributed by atoms with E-state index in [0.717, 1.165) is 74.6 Å². The number of benzene rings is 1. The number of aromatic amines is 1. The van der Waals surface area contributed by atoms with Gasteiger partial charge in [-0.05, 0) is 49.9 Å². The molecule has 1 N–H and O–H groups in total. The van der Waals surface area contributed by atoms with Crippen molar-refractivity contribution in [2.75, 3.05) is 31.1 Å². The van der Waals surface area contributed by atoms with Crippen LogP contribution in [0.25, 0.3) is 22.6 Å². The predicted molar refractivity (Wildman–Crippen MR) is 115 cm³/mol. The van der Waals surface area contributed by atoms with Crippen LogP contribution in [0.1, 0.15) is 25.7 Å². The Morgan fingerprint density at radius 3 is 2.76 bits per heavy atom. The Balaban J connectivity index is 1.37.